The molecule has 6 nitrogen and oxygen atoms in total. The van der Waals surface area contributed by atoms with Gasteiger partial charge in [0, 0.05) is 17.9 Å². The summed E-state index contributed by atoms with van der Waals surface area (Å²) < 4.78 is 15.8. The Balaban J connectivity index is 1.46. The molecule has 0 saturated carbocycles. The number of carbonyl (C=O) groups excluding carboxylic acids is 1. The van der Waals surface area contributed by atoms with Gasteiger partial charge in [-0.2, -0.15) is 4.68 Å². The van der Waals surface area contributed by atoms with E-state index in [0.29, 0.717) is 17.3 Å². The molecular formula is C19H18FN5OS2. The van der Waals surface area contributed by atoms with Crippen molar-refractivity contribution in [3.05, 3.63) is 65.5 Å². The van der Waals surface area contributed by atoms with Gasteiger partial charge in [0.1, 0.15) is 11.2 Å². The van der Waals surface area contributed by atoms with E-state index in [1.165, 1.54) is 17.8 Å². The van der Waals surface area contributed by atoms with E-state index >= 15 is 0 Å². The average Bonchev–Trinajstić information content (AvgIpc) is 3.37. The molecule has 2 heterocycles. The lowest BCUT2D eigenvalue weighted by molar-refractivity contribution is -0.128. The third kappa shape index (κ3) is 3.90. The van der Waals surface area contributed by atoms with E-state index in [1.54, 1.807) is 39.5 Å². The number of tetrazole rings is 1. The van der Waals surface area contributed by atoms with Crippen LogP contribution in [0.2, 0.25) is 0 Å². The SMILES string of the molecule is Cc1ccc(-n2nnnc2SCC(=O)N2CCS[C@H]2c2ccccc2F)cc1. The van der Waals surface area contributed by atoms with Crippen LogP contribution in [0.4, 0.5) is 4.39 Å². The van der Waals surface area contributed by atoms with E-state index in [1.807, 2.05) is 31.2 Å². The van der Waals surface area contributed by atoms with E-state index in [9.17, 15) is 9.18 Å². The molecule has 0 spiro atoms. The number of thioether (sulfide) groups is 2. The highest BCUT2D eigenvalue weighted by atomic mass is 32.2. The van der Waals surface area contributed by atoms with Gasteiger partial charge in [0.05, 0.1) is 11.4 Å². The number of halogens is 1. The number of rotatable bonds is 5. The summed E-state index contributed by atoms with van der Waals surface area (Å²) in [5.74, 6) is 0.645. The minimum Gasteiger partial charge on any atom is -0.325 e. The molecule has 0 N–H and O–H groups in total. The highest BCUT2D eigenvalue weighted by Gasteiger charge is 2.32. The summed E-state index contributed by atoms with van der Waals surface area (Å²) in [5.41, 5.74) is 2.53. The number of amides is 1. The van der Waals surface area contributed by atoms with E-state index in [4.69, 9.17) is 0 Å². The zero-order chi connectivity index (χ0) is 19.5. The van der Waals surface area contributed by atoms with Crippen LogP contribution in [0.5, 0.6) is 0 Å². The van der Waals surface area contributed by atoms with Crippen LogP contribution in [-0.2, 0) is 4.79 Å². The van der Waals surface area contributed by atoms with Gasteiger partial charge in [-0.1, -0.05) is 47.7 Å². The van der Waals surface area contributed by atoms with Crippen molar-refractivity contribution < 1.29 is 9.18 Å². The maximum absolute atomic E-state index is 14.2. The summed E-state index contributed by atoms with van der Waals surface area (Å²) in [4.78, 5) is 14.6. The standard InChI is InChI=1S/C19H18FN5OS2/c1-13-6-8-14(9-7-13)25-19(21-22-23-25)28-12-17(26)24-10-11-27-18(24)15-4-2-3-5-16(15)20/h2-9,18H,10-12H2,1H3/t18-/m0/s1. The van der Waals surface area contributed by atoms with Crippen LogP contribution in [0, 0.1) is 12.7 Å². The lowest BCUT2D eigenvalue weighted by Crippen LogP contribution is -2.32. The van der Waals surface area contributed by atoms with Crippen LogP contribution < -0.4 is 0 Å². The minimum absolute atomic E-state index is 0.0540. The molecule has 0 bridgehead atoms. The Labute approximate surface area is 170 Å². The van der Waals surface area contributed by atoms with Gasteiger partial charge < -0.3 is 4.90 Å². The summed E-state index contributed by atoms with van der Waals surface area (Å²) in [5, 5.41) is 12.0. The Hall–Kier alpha value is -2.39. The molecule has 4 rings (SSSR count). The molecule has 28 heavy (non-hydrogen) atoms. The lowest BCUT2D eigenvalue weighted by Gasteiger charge is -2.24. The summed E-state index contributed by atoms with van der Waals surface area (Å²) in [6, 6.07) is 14.5. The summed E-state index contributed by atoms with van der Waals surface area (Å²) in [6.07, 6.45) is 0. The number of hydrogen-bond acceptors (Lipinski definition) is 6. The van der Waals surface area contributed by atoms with Gasteiger partial charge in [-0.05, 0) is 35.5 Å². The second-order valence-corrected chi connectivity index (χ2v) is 8.46. The summed E-state index contributed by atoms with van der Waals surface area (Å²) >= 11 is 2.86. The molecular weight excluding hydrogens is 397 g/mol. The molecule has 0 aliphatic carbocycles. The van der Waals surface area contributed by atoms with Crippen molar-refractivity contribution in [3.63, 3.8) is 0 Å². The minimum atomic E-state index is -0.289. The molecule has 0 unspecified atom stereocenters. The summed E-state index contributed by atoms with van der Waals surface area (Å²) in [7, 11) is 0. The van der Waals surface area contributed by atoms with Crippen LogP contribution in [0.3, 0.4) is 0 Å². The van der Waals surface area contributed by atoms with Gasteiger partial charge in [-0.15, -0.1) is 16.9 Å². The van der Waals surface area contributed by atoms with Crippen LogP contribution in [0.25, 0.3) is 5.69 Å². The Morgan fingerprint density at radius 3 is 2.82 bits per heavy atom. The van der Waals surface area contributed by atoms with E-state index in [0.717, 1.165) is 17.0 Å². The number of benzene rings is 2. The van der Waals surface area contributed by atoms with Crippen molar-refractivity contribution >= 4 is 29.4 Å². The zero-order valence-electron chi connectivity index (χ0n) is 15.2. The van der Waals surface area contributed by atoms with Crippen molar-refractivity contribution in [1.29, 1.82) is 0 Å². The number of hydrogen-bond donors (Lipinski definition) is 0. The molecule has 2 aromatic carbocycles. The monoisotopic (exact) mass is 415 g/mol. The topological polar surface area (TPSA) is 63.9 Å². The third-order valence-electron chi connectivity index (χ3n) is 4.43. The Morgan fingerprint density at radius 2 is 2.04 bits per heavy atom. The first-order valence-corrected chi connectivity index (χ1v) is 10.8. The second-order valence-electron chi connectivity index (χ2n) is 6.33. The molecule has 9 heteroatoms. The van der Waals surface area contributed by atoms with Gasteiger partial charge in [-0.3, -0.25) is 4.79 Å². The van der Waals surface area contributed by atoms with Gasteiger partial charge in [-0.25, -0.2) is 4.39 Å². The molecule has 0 radical (unpaired) electrons. The molecule has 1 atom stereocenters. The first kappa shape index (κ1) is 18.9. The fourth-order valence-corrected chi connectivity index (χ4v) is 5.06. The van der Waals surface area contributed by atoms with Gasteiger partial charge in [0.25, 0.3) is 0 Å². The van der Waals surface area contributed by atoms with Crippen molar-refractivity contribution in [3.8, 4) is 5.69 Å². The fraction of sp³-hybridized carbons (Fsp3) is 0.263. The molecule has 3 aromatic rings. The van der Waals surface area contributed by atoms with Gasteiger partial charge in [0.2, 0.25) is 11.1 Å². The van der Waals surface area contributed by atoms with Gasteiger partial charge in [0.15, 0.2) is 0 Å². The van der Waals surface area contributed by atoms with Crippen molar-refractivity contribution in [1.82, 2.24) is 25.1 Å². The second kappa shape index (κ2) is 8.32. The quantitative estimate of drug-likeness (QED) is 0.595. The molecule has 144 valence electrons. The van der Waals surface area contributed by atoms with Crippen molar-refractivity contribution in [2.45, 2.75) is 17.5 Å². The normalized spacial score (nSPS) is 16.5. The van der Waals surface area contributed by atoms with Crippen LogP contribution in [0.1, 0.15) is 16.5 Å². The molecule has 1 aliphatic rings. The molecule has 1 fully saturated rings. The highest BCUT2D eigenvalue weighted by Crippen LogP contribution is 2.39. The van der Waals surface area contributed by atoms with Crippen LogP contribution in [0.15, 0.2) is 53.7 Å². The largest absolute Gasteiger partial charge is 0.325 e. The predicted octanol–water partition coefficient (Wildman–Crippen LogP) is 3.48. The Morgan fingerprint density at radius 1 is 1.25 bits per heavy atom. The zero-order valence-corrected chi connectivity index (χ0v) is 16.8. The van der Waals surface area contributed by atoms with E-state index in [2.05, 4.69) is 15.5 Å². The van der Waals surface area contributed by atoms with E-state index < -0.39 is 0 Å². The Kier molecular flexibility index (Phi) is 5.63. The molecule has 1 aliphatic heterocycles. The number of nitrogens with zero attached hydrogens (tertiary/aromatic N) is 5. The lowest BCUT2D eigenvalue weighted by atomic mass is 10.2. The number of aryl methyl sites for hydroxylation is 1. The number of aromatic nitrogens is 4. The van der Waals surface area contributed by atoms with Crippen LogP contribution in [-0.4, -0.2) is 49.1 Å². The highest BCUT2D eigenvalue weighted by molar-refractivity contribution is 8.00. The smallest absolute Gasteiger partial charge is 0.234 e. The van der Waals surface area contributed by atoms with Crippen molar-refractivity contribution in [2.75, 3.05) is 18.1 Å². The third-order valence-corrected chi connectivity index (χ3v) is 6.57. The fourth-order valence-electron chi connectivity index (χ4n) is 2.98. The predicted molar refractivity (Wildman–Crippen MR) is 108 cm³/mol. The first-order chi connectivity index (χ1) is 13.6. The molecule has 1 aromatic heterocycles. The van der Waals surface area contributed by atoms with E-state index in [-0.39, 0.29) is 22.9 Å². The van der Waals surface area contributed by atoms with Crippen LogP contribution >= 0.6 is 23.5 Å². The van der Waals surface area contributed by atoms with Gasteiger partial charge >= 0.3 is 0 Å². The Bertz CT molecular complexity index is 978. The van der Waals surface area contributed by atoms with Crippen molar-refractivity contribution in [2.24, 2.45) is 0 Å². The molecule has 1 saturated heterocycles. The first-order valence-electron chi connectivity index (χ1n) is 8.77. The number of carbonyl (C=O) groups is 1. The molecule has 1 amide bonds. The summed E-state index contributed by atoms with van der Waals surface area (Å²) in [6.45, 7) is 2.61. The maximum atomic E-state index is 14.2. The average molecular weight is 416 g/mol. The maximum Gasteiger partial charge on any atom is 0.234 e.